The molecule has 12 nitrogen and oxygen atoms in total. The summed E-state index contributed by atoms with van der Waals surface area (Å²) in [4.78, 5) is 48.2. The molecule has 1 atom stereocenters. The molecule has 1 amide bonds. The van der Waals surface area contributed by atoms with Gasteiger partial charge in [0.25, 0.3) is 0 Å². The number of rotatable bonds is 14. The Morgan fingerprint density at radius 3 is 2.19 bits per heavy atom. The van der Waals surface area contributed by atoms with Gasteiger partial charge in [-0.25, -0.2) is 14.8 Å². The summed E-state index contributed by atoms with van der Waals surface area (Å²) in [7, 11) is 0. The monoisotopic (exact) mass is 751 g/mol. The fraction of sp³-hybridized carbons (Fsp3) is 0.421. The number of nitrogens with two attached hydrogens (primary N) is 1. The summed E-state index contributed by atoms with van der Waals surface area (Å²) < 4.78 is 61.2. The lowest BCUT2D eigenvalue weighted by atomic mass is 9.77. The van der Waals surface area contributed by atoms with Gasteiger partial charge in [-0.15, -0.1) is 0 Å². The zero-order valence-corrected chi connectivity index (χ0v) is 29.3. The average molecular weight is 752 g/mol. The number of nitrogens with zero attached hydrogens (tertiary/aromatic N) is 4. The van der Waals surface area contributed by atoms with Crippen LogP contribution in [0, 0.1) is 17.8 Å². The van der Waals surface area contributed by atoms with Gasteiger partial charge in [0.1, 0.15) is 11.6 Å². The summed E-state index contributed by atoms with van der Waals surface area (Å²) in [6.45, 7) is 3.49. The predicted octanol–water partition coefficient (Wildman–Crippen LogP) is 5.70. The molecule has 2 fully saturated rings. The van der Waals surface area contributed by atoms with E-state index >= 15 is 0 Å². The van der Waals surface area contributed by atoms with Crippen LogP contribution in [0.4, 0.5) is 29.1 Å². The molecule has 3 heterocycles. The number of carbonyl (C=O) groups is 3. The number of pyridine rings is 1. The number of aromatic nitrogens is 4. The molecule has 286 valence electrons. The summed E-state index contributed by atoms with van der Waals surface area (Å²) >= 11 is 0. The van der Waals surface area contributed by atoms with Crippen molar-refractivity contribution in [3.05, 3.63) is 78.2 Å². The number of benzene rings is 2. The number of H-pyrrole nitrogens is 1. The van der Waals surface area contributed by atoms with Crippen LogP contribution >= 0.6 is 0 Å². The number of alkyl halides is 4. The Balaban J connectivity index is 1.14. The van der Waals surface area contributed by atoms with E-state index in [1.807, 2.05) is 42.6 Å². The molecule has 54 heavy (non-hydrogen) atoms. The third-order valence-electron chi connectivity index (χ3n) is 10.2. The largest absolute Gasteiger partial charge is 0.477 e. The van der Waals surface area contributed by atoms with Gasteiger partial charge in [0.15, 0.2) is 5.82 Å². The van der Waals surface area contributed by atoms with Gasteiger partial charge in [0, 0.05) is 54.4 Å². The lowest BCUT2D eigenvalue weighted by Gasteiger charge is -2.28. The SMILES string of the molecule is NCC1CCC(C(=O)C[C@@H](Cc2ccc(-c3ccc(N4CCOCC4)nc3)cc2)C(=O)Nc2ccc(-c3n[nH]c(C(F)(F)C(F)(F)C(=O)O)n3)cc2)CC1. The highest BCUT2D eigenvalue weighted by Gasteiger charge is 2.65. The number of hydrogen-bond acceptors (Lipinski definition) is 9. The van der Waals surface area contributed by atoms with E-state index in [1.54, 1.807) is 5.10 Å². The minimum atomic E-state index is -5.42. The molecule has 0 bridgehead atoms. The number of hydrogen-bond donors (Lipinski definition) is 4. The van der Waals surface area contributed by atoms with Crippen LogP contribution in [0.3, 0.4) is 0 Å². The van der Waals surface area contributed by atoms with E-state index < -0.39 is 35.5 Å². The molecule has 2 aromatic heterocycles. The highest BCUT2D eigenvalue weighted by molar-refractivity contribution is 5.96. The molecular weight excluding hydrogens is 710 g/mol. The summed E-state index contributed by atoms with van der Waals surface area (Å²) in [5, 5.41) is 16.6. The Bertz CT molecular complexity index is 1910. The molecule has 1 saturated carbocycles. The molecule has 2 aromatic carbocycles. The first-order chi connectivity index (χ1) is 25.8. The number of carboxylic acids is 1. The third kappa shape index (κ3) is 8.60. The number of ether oxygens (including phenoxy) is 1. The van der Waals surface area contributed by atoms with E-state index in [1.165, 1.54) is 24.3 Å². The topological polar surface area (TPSA) is 176 Å². The molecule has 1 aliphatic carbocycles. The molecule has 16 heteroatoms. The molecule has 6 rings (SSSR count). The zero-order chi connectivity index (χ0) is 38.5. The Hall–Kier alpha value is -5.22. The van der Waals surface area contributed by atoms with Gasteiger partial charge in [-0.1, -0.05) is 24.3 Å². The quantitative estimate of drug-likeness (QED) is 0.117. The Kier molecular flexibility index (Phi) is 11.7. The molecule has 0 spiro atoms. The van der Waals surface area contributed by atoms with Crippen molar-refractivity contribution in [3.63, 3.8) is 0 Å². The molecule has 4 aromatic rings. The first-order valence-corrected chi connectivity index (χ1v) is 17.8. The number of carboxylic acid groups (broad SMARTS) is 1. The van der Waals surface area contributed by atoms with E-state index in [4.69, 9.17) is 15.6 Å². The number of amides is 1. The van der Waals surface area contributed by atoms with E-state index in [0.717, 1.165) is 61.3 Å². The Labute approximate surface area is 308 Å². The van der Waals surface area contributed by atoms with Crippen LogP contribution in [-0.2, 0) is 31.5 Å². The predicted molar refractivity (Wildman–Crippen MR) is 191 cm³/mol. The molecule has 1 saturated heterocycles. The summed E-state index contributed by atoms with van der Waals surface area (Å²) in [6.07, 6.45) is 5.34. The van der Waals surface area contributed by atoms with Gasteiger partial charge in [0.2, 0.25) is 11.7 Å². The number of Topliss-reactive ketones (excluding diaryl/α,β-unsaturated/α-hetero) is 1. The summed E-state index contributed by atoms with van der Waals surface area (Å²) in [6, 6.07) is 17.4. The van der Waals surface area contributed by atoms with Gasteiger partial charge in [0.05, 0.1) is 13.2 Å². The van der Waals surface area contributed by atoms with E-state index in [9.17, 15) is 31.9 Å². The van der Waals surface area contributed by atoms with Gasteiger partial charge in [-0.05, 0) is 92.1 Å². The minimum Gasteiger partial charge on any atom is -0.477 e. The zero-order valence-electron chi connectivity index (χ0n) is 29.3. The average Bonchev–Trinajstić information content (AvgIpc) is 3.70. The second-order valence-electron chi connectivity index (χ2n) is 13.8. The second-order valence-corrected chi connectivity index (χ2v) is 13.8. The molecular formula is C38H41F4N7O5. The van der Waals surface area contributed by atoms with Crippen LogP contribution in [0.2, 0.25) is 0 Å². The van der Waals surface area contributed by atoms with Crippen LogP contribution in [0.5, 0.6) is 0 Å². The number of anilines is 2. The summed E-state index contributed by atoms with van der Waals surface area (Å²) in [5.41, 5.74) is 9.05. The lowest BCUT2D eigenvalue weighted by molar-refractivity contribution is -0.231. The highest BCUT2D eigenvalue weighted by Crippen LogP contribution is 2.42. The van der Waals surface area contributed by atoms with E-state index in [0.29, 0.717) is 31.4 Å². The Morgan fingerprint density at radius 1 is 0.926 bits per heavy atom. The number of halogens is 4. The van der Waals surface area contributed by atoms with Crippen molar-refractivity contribution in [2.45, 2.75) is 50.4 Å². The van der Waals surface area contributed by atoms with Crippen LogP contribution < -0.4 is 16.0 Å². The Morgan fingerprint density at radius 2 is 1.57 bits per heavy atom. The van der Waals surface area contributed by atoms with Crippen molar-refractivity contribution in [1.82, 2.24) is 20.2 Å². The maximum absolute atomic E-state index is 14.2. The molecule has 0 radical (unpaired) electrons. The first kappa shape index (κ1) is 38.5. The van der Waals surface area contributed by atoms with Crippen molar-refractivity contribution in [3.8, 4) is 22.5 Å². The number of aromatic amines is 1. The van der Waals surface area contributed by atoms with Crippen LogP contribution in [0.1, 0.15) is 43.5 Å². The van der Waals surface area contributed by atoms with E-state index in [-0.39, 0.29) is 35.9 Å². The number of ketones is 1. The summed E-state index contributed by atoms with van der Waals surface area (Å²) in [5.74, 6) is -15.5. The van der Waals surface area contributed by atoms with Gasteiger partial charge < -0.3 is 25.8 Å². The molecule has 5 N–H and O–H groups in total. The standard InChI is InChI=1S/C38H41F4N7O5/c39-37(40,38(41,42)36(52)53)35-46-33(47-48-35)27-9-12-30(13-10-27)45-34(51)29(20-31(50)26-7-3-24(21-43)4-8-26)19-23-1-5-25(6-2-23)28-11-14-32(44-22-28)49-15-17-54-18-16-49/h1-2,5-6,9-14,22,24,26,29H,3-4,7-8,15-21,43H2,(H,45,51)(H,52,53)(H,46,47,48)/t24?,26?,29-/m1/s1. The van der Waals surface area contributed by atoms with Crippen molar-refractivity contribution >= 4 is 29.2 Å². The number of nitrogens with one attached hydrogen (secondary N) is 2. The van der Waals surface area contributed by atoms with Crippen LogP contribution in [0.15, 0.2) is 66.9 Å². The normalized spacial score (nSPS) is 18.6. The lowest BCUT2D eigenvalue weighted by Crippen LogP contribution is -2.45. The second kappa shape index (κ2) is 16.4. The number of aliphatic carboxylic acids is 1. The number of morpholine rings is 1. The van der Waals surface area contributed by atoms with Crippen molar-refractivity contribution in [2.24, 2.45) is 23.5 Å². The fourth-order valence-corrected chi connectivity index (χ4v) is 6.80. The maximum Gasteiger partial charge on any atom is 0.411 e. The van der Waals surface area contributed by atoms with Gasteiger partial charge in [-0.3, -0.25) is 14.7 Å². The third-order valence-corrected chi connectivity index (χ3v) is 10.2. The van der Waals surface area contributed by atoms with Gasteiger partial charge in [-0.2, -0.15) is 22.7 Å². The minimum absolute atomic E-state index is 0.0229. The molecule has 2 aliphatic rings. The van der Waals surface area contributed by atoms with Crippen molar-refractivity contribution in [2.75, 3.05) is 43.1 Å². The number of carbonyl (C=O) groups excluding carboxylic acids is 2. The fourth-order valence-electron chi connectivity index (χ4n) is 6.80. The van der Waals surface area contributed by atoms with Crippen LogP contribution in [-0.4, -0.2) is 81.7 Å². The van der Waals surface area contributed by atoms with E-state index in [2.05, 4.69) is 25.3 Å². The van der Waals surface area contributed by atoms with Crippen molar-refractivity contribution in [1.29, 1.82) is 0 Å². The molecule has 0 unspecified atom stereocenters. The van der Waals surface area contributed by atoms with Crippen LogP contribution in [0.25, 0.3) is 22.5 Å². The highest BCUT2D eigenvalue weighted by atomic mass is 19.3. The maximum atomic E-state index is 14.2. The smallest absolute Gasteiger partial charge is 0.411 e. The van der Waals surface area contributed by atoms with Gasteiger partial charge >= 0.3 is 17.8 Å². The molecule has 1 aliphatic heterocycles. The van der Waals surface area contributed by atoms with Crippen molar-refractivity contribution < 1.29 is 41.8 Å². The first-order valence-electron chi connectivity index (χ1n) is 17.8.